The highest BCUT2D eigenvalue weighted by atomic mass is 35.5. The summed E-state index contributed by atoms with van der Waals surface area (Å²) in [6.07, 6.45) is 1.19. The van der Waals surface area contributed by atoms with Crippen LogP contribution < -0.4 is 14.5 Å². The van der Waals surface area contributed by atoms with Gasteiger partial charge in [-0.15, -0.1) is 10.2 Å². The highest BCUT2D eigenvalue weighted by Crippen LogP contribution is 2.38. The summed E-state index contributed by atoms with van der Waals surface area (Å²) >= 11 is 7.26. The topological polar surface area (TPSA) is 95.5 Å². The molecule has 1 N–H and O–H groups in total. The van der Waals surface area contributed by atoms with E-state index in [0.717, 1.165) is 22.6 Å². The average Bonchev–Trinajstić information content (AvgIpc) is 3.49. The lowest BCUT2D eigenvalue weighted by Gasteiger charge is -2.26. The lowest BCUT2D eigenvalue weighted by Crippen LogP contribution is -2.41. The van der Waals surface area contributed by atoms with E-state index >= 15 is 0 Å². The molecule has 2 aliphatic heterocycles. The van der Waals surface area contributed by atoms with Gasteiger partial charge in [-0.3, -0.25) is 9.52 Å². The number of amides is 1. The van der Waals surface area contributed by atoms with Crippen molar-refractivity contribution in [1.29, 1.82) is 0 Å². The number of carbonyl (C=O) groups is 1. The molecule has 1 atom stereocenters. The molecule has 33 heavy (non-hydrogen) atoms. The predicted octanol–water partition coefficient (Wildman–Crippen LogP) is 3.85. The van der Waals surface area contributed by atoms with E-state index in [2.05, 4.69) is 14.9 Å². The predicted molar refractivity (Wildman–Crippen MR) is 127 cm³/mol. The van der Waals surface area contributed by atoms with Crippen LogP contribution in [0.5, 0.6) is 0 Å². The molecule has 2 aliphatic rings. The van der Waals surface area contributed by atoms with Gasteiger partial charge in [-0.25, -0.2) is 12.8 Å². The van der Waals surface area contributed by atoms with Crippen LogP contribution >= 0.6 is 22.9 Å². The highest BCUT2D eigenvalue weighted by molar-refractivity contribution is 7.93. The van der Waals surface area contributed by atoms with E-state index < -0.39 is 15.8 Å². The fraction of sp³-hybridized carbons (Fsp3) is 0.286. The number of hydrogen-bond acceptors (Lipinski definition) is 7. The van der Waals surface area contributed by atoms with Crippen molar-refractivity contribution in [1.82, 2.24) is 10.2 Å². The molecule has 1 aromatic heterocycles. The summed E-state index contributed by atoms with van der Waals surface area (Å²) in [6, 6.07) is 8.77. The van der Waals surface area contributed by atoms with Crippen LogP contribution in [0.4, 0.5) is 20.9 Å². The summed E-state index contributed by atoms with van der Waals surface area (Å²) in [5, 5.41) is 8.54. The summed E-state index contributed by atoms with van der Waals surface area (Å²) in [5.74, 6) is -0.538. The Kier molecular flexibility index (Phi) is 5.50. The Hall–Kier alpha value is -2.76. The molecule has 2 aromatic carbocycles. The van der Waals surface area contributed by atoms with Crippen LogP contribution in [-0.4, -0.2) is 43.7 Å². The molecule has 0 bridgehead atoms. The maximum absolute atomic E-state index is 13.8. The Morgan fingerprint density at radius 3 is 2.64 bits per heavy atom. The molecule has 0 aliphatic carbocycles. The van der Waals surface area contributed by atoms with Gasteiger partial charge in [0, 0.05) is 25.9 Å². The molecule has 174 valence electrons. The van der Waals surface area contributed by atoms with E-state index in [4.69, 9.17) is 11.6 Å². The van der Waals surface area contributed by atoms with Gasteiger partial charge in [0.25, 0.3) is 10.0 Å². The van der Waals surface area contributed by atoms with Crippen molar-refractivity contribution in [2.45, 2.75) is 30.7 Å². The number of nitrogens with zero attached hydrogens (tertiary/aromatic N) is 4. The first kappa shape index (κ1) is 22.1. The molecule has 3 heterocycles. The van der Waals surface area contributed by atoms with E-state index in [1.807, 2.05) is 4.90 Å². The van der Waals surface area contributed by atoms with Gasteiger partial charge < -0.3 is 9.80 Å². The van der Waals surface area contributed by atoms with E-state index in [1.54, 1.807) is 30.0 Å². The number of halogens is 2. The summed E-state index contributed by atoms with van der Waals surface area (Å²) in [7, 11) is -3.82. The zero-order valence-electron chi connectivity index (χ0n) is 17.5. The first-order valence-electron chi connectivity index (χ1n) is 10.2. The minimum atomic E-state index is -3.82. The van der Waals surface area contributed by atoms with E-state index in [1.165, 1.54) is 18.2 Å². The van der Waals surface area contributed by atoms with Gasteiger partial charge in [-0.1, -0.05) is 22.9 Å². The lowest BCUT2D eigenvalue weighted by molar-refractivity contribution is -0.118. The fourth-order valence-electron chi connectivity index (χ4n) is 4.29. The standard InChI is InChI=1S/C21H19ClFN5O3S2.H2/c1-12-24-25-21(32-12)26-33(30,31)14-4-2-13(3-5-14)27-11-9-18(20(27)29)28-10-8-15-17(28)7-6-16(23)19(15)22;/h2-7,18H,8-11H2,1H3,(H,25,26);1H/t18-;/m0./s1. The lowest BCUT2D eigenvalue weighted by atomic mass is 10.1. The monoisotopic (exact) mass is 509 g/mol. The van der Waals surface area contributed by atoms with Gasteiger partial charge in [-0.2, -0.15) is 0 Å². The van der Waals surface area contributed by atoms with Crippen LogP contribution in [0.1, 0.15) is 18.4 Å². The highest BCUT2D eigenvalue weighted by Gasteiger charge is 2.39. The third-order valence-electron chi connectivity index (χ3n) is 5.84. The maximum atomic E-state index is 13.8. The summed E-state index contributed by atoms with van der Waals surface area (Å²) in [6.45, 7) is 2.83. The largest absolute Gasteiger partial charge is 0.359 e. The second-order valence-corrected chi connectivity index (χ2v) is 11.1. The Morgan fingerprint density at radius 1 is 1.18 bits per heavy atom. The summed E-state index contributed by atoms with van der Waals surface area (Å²) in [5.41, 5.74) is 2.14. The molecule has 0 radical (unpaired) electrons. The molecule has 1 amide bonds. The molecule has 8 nitrogen and oxygen atoms in total. The number of hydrogen-bond donors (Lipinski definition) is 1. The normalized spacial score (nSPS) is 18.2. The van der Waals surface area contributed by atoms with Gasteiger partial charge in [0.1, 0.15) is 16.9 Å². The molecule has 5 rings (SSSR count). The van der Waals surface area contributed by atoms with Crippen LogP contribution in [0.2, 0.25) is 5.02 Å². The van der Waals surface area contributed by atoms with Crippen LogP contribution in [0.3, 0.4) is 0 Å². The van der Waals surface area contributed by atoms with Crippen molar-refractivity contribution >= 4 is 55.4 Å². The van der Waals surface area contributed by atoms with Crippen LogP contribution in [0.25, 0.3) is 0 Å². The van der Waals surface area contributed by atoms with Gasteiger partial charge in [0.15, 0.2) is 0 Å². The Balaban J connectivity index is 0.00000274. The molecule has 1 fully saturated rings. The number of fused-ring (bicyclic) bond motifs is 1. The number of aryl methyl sites for hydroxylation is 1. The smallest absolute Gasteiger partial charge is 0.263 e. The molecule has 0 unspecified atom stereocenters. The molecule has 0 saturated carbocycles. The van der Waals surface area contributed by atoms with Crippen molar-refractivity contribution in [3.05, 3.63) is 57.8 Å². The van der Waals surface area contributed by atoms with Crippen LogP contribution in [0.15, 0.2) is 41.3 Å². The van der Waals surface area contributed by atoms with Crippen molar-refractivity contribution in [2.75, 3.05) is 27.6 Å². The van der Waals surface area contributed by atoms with Crippen LogP contribution in [0, 0.1) is 12.7 Å². The first-order chi connectivity index (χ1) is 15.7. The fourth-order valence-corrected chi connectivity index (χ4v) is 6.37. The average molecular weight is 510 g/mol. The third kappa shape index (κ3) is 3.94. The van der Waals surface area contributed by atoms with Crippen molar-refractivity contribution < 1.29 is 19.0 Å². The Bertz CT molecular complexity index is 1350. The third-order valence-corrected chi connectivity index (χ3v) is 8.49. The molecule has 3 aromatic rings. The zero-order chi connectivity index (χ0) is 23.3. The Morgan fingerprint density at radius 2 is 1.94 bits per heavy atom. The van der Waals surface area contributed by atoms with Gasteiger partial charge >= 0.3 is 0 Å². The quantitative estimate of drug-likeness (QED) is 0.561. The number of anilines is 3. The summed E-state index contributed by atoms with van der Waals surface area (Å²) < 4.78 is 41.4. The first-order valence-corrected chi connectivity index (χ1v) is 12.9. The number of rotatable bonds is 5. The van der Waals surface area contributed by atoms with Crippen LogP contribution in [-0.2, 0) is 21.2 Å². The van der Waals surface area contributed by atoms with Crippen molar-refractivity contribution in [3.63, 3.8) is 0 Å². The molecule has 12 heteroatoms. The van der Waals surface area contributed by atoms with Gasteiger partial charge in [0.2, 0.25) is 11.0 Å². The van der Waals surface area contributed by atoms with E-state index in [-0.39, 0.29) is 28.4 Å². The Labute approximate surface area is 200 Å². The summed E-state index contributed by atoms with van der Waals surface area (Å²) in [4.78, 5) is 16.9. The number of aromatic nitrogens is 2. The minimum Gasteiger partial charge on any atom is -0.359 e. The number of sulfonamides is 1. The SMILES string of the molecule is Cc1nnc(NS(=O)(=O)c2ccc(N3CC[C@H](N4CCc5c4ccc(F)c5Cl)C3=O)cc2)s1.[HH]. The second-order valence-electron chi connectivity index (χ2n) is 7.82. The zero-order valence-corrected chi connectivity index (χ0v) is 19.8. The number of nitrogens with one attached hydrogen (secondary N) is 1. The van der Waals surface area contributed by atoms with Crippen molar-refractivity contribution in [2.24, 2.45) is 0 Å². The number of carbonyl (C=O) groups excluding carboxylic acids is 1. The van der Waals surface area contributed by atoms with E-state index in [9.17, 15) is 17.6 Å². The molecule has 0 spiro atoms. The molecular weight excluding hydrogens is 489 g/mol. The van der Waals surface area contributed by atoms with Crippen molar-refractivity contribution in [3.8, 4) is 0 Å². The molecular formula is C21H21ClFN5O3S2. The minimum absolute atomic E-state index is 0. The van der Waals surface area contributed by atoms with Gasteiger partial charge in [-0.05, 0) is 61.7 Å². The second kappa shape index (κ2) is 8.23. The van der Waals surface area contributed by atoms with E-state index in [0.29, 0.717) is 36.6 Å². The molecule has 1 saturated heterocycles. The van der Waals surface area contributed by atoms with Gasteiger partial charge in [0.05, 0.1) is 9.92 Å². The maximum Gasteiger partial charge on any atom is 0.263 e. The number of benzene rings is 2.